The largest absolute Gasteiger partial charge is 0.378 e. The molecule has 2 aliphatic heterocycles. The van der Waals surface area contributed by atoms with Gasteiger partial charge in [0.1, 0.15) is 0 Å². The minimum Gasteiger partial charge on any atom is -0.378 e. The van der Waals surface area contributed by atoms with E-state index in [1.54, 1.807) is 5.01 Å². The molecule has 2 saturated heterocycles. The Morgan fingerprint density at radius 1 is 0.960 bits per heavy atom. The summed E-state index contributed by atoms with van der Waals surface area (Å²) < 4.78 is 5.37. The number of ether oxygens (including phenoxy) is 1. The highest BCUT2D eigenvalue weighted by molar-refractivity contribution is 6.39. The van der Waals surface area contributed by atoms with Gasteiger partial charge in [-0.2, -0.15) is 0 Å². The van der Waals surface area contributed by atoms with Crippen molar-refractivity contribution in [2.75, 3.05) is 69.7 Å². The molecule has 0 atom stereocenters. The van der Waals surface area contributed by atoms with Gasteiger partial charge in [-0.15, -0.1) is 0 Å². The highest BCUT2D eigenvalue weighted by Crippen LogP contribution is 2.26. The summed E-state index contributed by atoms with van der Waals surface area (Å²) in [6.45, 7) is 5.99. The van der Waals surface area contributed by atoms with Crippen molar-refractivity contribution in [2.24, 2.45) is 0 Å². The zero-order valence-corrected chi connectivity index (χ0v) is 14.5. The number of morpholine rings is 1. The number of likely N-dealkylation sites (N-methyl/N-ethyl adjacent to an activating group) is 1. The van der Waals surface area contributed by atoms with Gasteiger partial charge in [0.15, 0.2) is 0 Å². The van der Waals surface area contributed by atoms with Crippen molar-refractivity contribution in [1.82, 2.24) is 15.3 Å². The number of nitrogens with one attached hydrogen (secondary N) is 2. The van der Waals surface area contributed by atoms with Crippen LogP contribution in [0, 0.1) is 0 Å². The smallest absolute Gasteiger partial charge is 0.323 e. The summed E-state index contributed by atoms with van der Waals surface area (Å²) in [5.74, 6) is -1.29. The minimum absolute atomic E-state index is 0.638. The number of rotatable bonds is 3. The summed E-state index contributed by atoms with van der Waals surface area (Å²) in [5, 5.41) is 4.52. The lowest BCUT2D eigenvalue weighted by molar-refractivity contribution is -0.139. The molecule has 8 heteroatoms. The van der Waals surface area contributed by atoms with E-state index >= 15 is 0 Å². The van der Waals surface area contributed by atoms with E-state index in [9.17, 15) is 9.59 Å². The number of amides is 2. The first-order valence-corrected chi connectivity index (χ1v) is 8.60. The Labute approximate surface area is 147 Å². The number of nitrogens with zero attached hydrogens (tertiary/aromatic N) is 3. The van der Waals surface area contributed by atoms with Gasteiger partial charge in [0, 0.05) is 39.3 Å². The zero-order chi connectivity index (χ0) is 17.6. The summed E-state index contributed by atoms with van der Waals surface area (Å²) in [7, 11) is 2.04. The van der Waals surface area contributed by atoms with Crippen LogP contribution in [0.2, 0.25) is 0 Å². The van der Waals surface area contributed by atoms with Crippen molar-refractivity contribution in [3.05, 3.63) is 24.3 Å². The molecule has 2 amide bonds. The number of anilines is 2. The van der Waals surface area contributed by atoms with Gasteiger partial charge >= 0.3 is 11.8 Å². The molecule has 2 heterocycles. The Morgan fingerprint density at radius 3 is 2.36 bits per heavy atom. The third kappa shape index (κ3) is 4.68. The molecule has 0 radical (unpaired) electrons. The summed E-state index contributed by atoms with van der Waals surface area (Å²) >= 11 is 0. The fraction of sp³-hybridized carbons (Fsp3) is 0.529. The van der Waals surface area contributed by atoms with Gasteiger partial charge in [0.05, 0.1) is 24.6 Å². The molecule has 1 aromatic carbocycles. The number of hydrogen-bond donors (Lipinski definition) is 2. The van der Waals surface area contributed by atoms with Gasteiger partial charge in [-0.3, -0.25) is 15.0 Å². The van der Waals surface area contributed by atoms with Crippen LogP contribution in [-0.2, 0) is 14.3 Å². The Bertz CT molecular complexity index is 610. The summed E-state index contributed by atoms with van der Waals surface area (Å²) in [4.78, 5) is 28.8. The molecule has 0 spiro atoms. The van der Waals surface area contributed by atoms with Crippen LogP contribution in [0.4, 0.5) is 11.4 Å². The number of hydrogen-bond acceptors (Lipinski definition) is 6. The average molecular weight is 347 g/mol. The van der Waals surface area contributed by atoms with Crippen LogP contribution in [0.3, 0.4) is 0 Å². The van der Waals surface area contributed by atoms with Crippen LogP contribution >= 0.6 is 0 Å². The summed E-state index contributed by atoms with van der Waals surface area (Å²) in [6, 6.07) is 7.52. The van der Waals surface area contributed by atoms with Crippen LogP contribution in [-0.4, -0.2) is 81.3 Å². The third-order valence-corrected chi connectivity index (χ3v) is 4.47. The van der Waals surface area contributed by atoms with Gasteiger partial charge in [-0.25, -0.2) is 5.01 Å². The van der Waals surface area contributed by atoms with Crippen molar-refractivity contribution in [2.45, 2.75) is 0 Å². The first-order valence-electron chi connectivity index (χ1n) is 8.60. The van der Waals surface area contributed by atoms with Crippen molar-refractivity contribution < 1.29 is 14.3 Å². The molecule has 0 saturated carbocycles. The molecule has 2 fully saturated rings. The highest BCUT2D eigenvalue weighted by Gasteiger charge is 2.22. The molecule has 8 nitrogen and oxygen atoms in total. The summed E-state index contributed by atoms with van der Waals surface area (Å²) in [6.07, 6.45) is 0. The molecular weight excluding hydrogens is 322 g/mol. The Balaban J connectivity index is 1.59. The van der Waals surface area contributed by atoms with Crippen LogP contribution in [0.25, 0.3) is 0 Å². The number of piperazine rings is 1. The number of hydrazine groups is 1. The molecule has 0 unspecified atom stereocenters. The molecule has 2 N–H and O–H groups in total. The molecule has 0 aliphatic carbocycles. The molecular formula is C17H25N5O3. The van der Waals surface area contributed by atoms with Crippen LogP contribution in [0.1, 0.15) is 0 Å². The molecule has 0 aromatic heterocycles. The lowest BCUT2D eigenvalue weighted by atomic mass is 10.2. The molecule has 136 valence electrons. The van der Waals surface area contributed by atoms with E-state index in [1.165, 1.54) is 0 Å². The van der Waals surface area contributed by atoms with E-state index < -0.39 is 11.8 Å². The normalized spacial score (nSPS) is 19.5. The minimum atomic E-state index is -0.653. The second-order valence-corrected chi connectivity index (χ2v) is 6.30. The van der Waals surface area contributed by atoms with Crippen LogP contribution in [0.5, 0.6) is 0 Å². The fourth-order valence-electron chi connectivity index (χ4n) is 2.95. The fourth-order valence-corrected chi connectivity index (χ4v) is 2.95. The lowest BCUT2D eigenvalue weighted by Crippen LogP contribution is -2.54. The molecule has 0 bridgehead atoms. The first-order chi connectivity index (χ1) is 12.1. The second kappa shape index (κ2) is 8.28. The number of para-hydroxylation sites is 2. The van der Waals surface area contributed by atoms with Crippen molar-refractivity contribution in [1.29, 1.82) is 0 Å². The van der Waals surface area contributed by atoms with Crippen LogP contribution in [0.15, 0.2) is 24.3 Å². The van der Waals surface area contributed by atoms with E-state index in [4.69, 9.17) is 4.74 Å². The van der Waals surface area contributed by atoms with Gasteiger partial charge in [-0.05, 0) is 19.2 Å². The molecule has 25 heavy (non-hydrogen) atoms. The lowest BCUT2D eigenvalue weighted by Gasteiger charge is -2.32. The first kappa shape index (κ1) is 17.7. The van der Waals surface area contributed by atoms with Crippen molar-refractivity contribution in [3.8, 4) is 0 Å². The molecule has 2 aliphatic rings. The van der Waals surface area contributed by atoms with E-state index in [-0.39, 0.29) is 0 Å². The monoisotopic (exact) mass is 347 g/mol. The number of carbonyl (C=O) groups excluding carboxylic acids is 2. The predicted molar refractivity (Wildman–Crippen MR) is 95.3 cm³/mol. The quantitative estimate of drug-likeness (QED) is 0.734. The van der Waals surface area contributed by atoms with Gasteiger partial charge in [0.25, 0.3) is 0 Å². The Hall–Kier alpha value is -2.16. The van der Waals surface area contributed by atoms with E-state index in [0.29, 0.717) is 32.0 Å². The average Bonchev–Trinajstić information content (AvgIpc) is 2.64. The number of benzene rings is 1. The van der Waals surface area contributed by atoms with Gasteiger partial charge < -0.3 is 19.9 Å². The van der Waals surface area contributed by atoms with Crippen molar-refractivity contribution in [3.63, 3.8) is 0 Å². The van der Waals surface area contributed by atoms with Gasteiger partial charge in [-0.1, -0.05) is 12.1 Å². The topological polar surface area (TPSA) is 77.1 Å². The maximum absolute atomic E-state index is 12.3. The Morgan fingerprint density at radius 2 is 1.64 bits per heavy atom. The standard InChI is InChI=1S/C17H25N5O3/c1-20-6-8-22(9-7-20)19-17(24)16(23)18-14-4-2-3-5-15(14)21-10-12-25-13-11-21/h2-5H,6-13H2,1H3,(H,18,23)(H,19,24). The summed E-state index contributed by atoms with van der Waals surface area (Å²) in [5.41, 5.74) is 4.23. The predicted octanol–water partition coefficient (Wildman–Crippen LogP) is -0.260. The highest BCUT2D eigenvalue weighted by atomic mass is 16.5. The SMILES string of the molecule is CN1CCN(NC(=O)C(=O)Nc2ccccc2N2CCOCC2)CC1. The number of carbonyl (C=O) groups is 2. The second-order valence-electron chi connectivity index (χ2n) is 6.30. The van der Waals surface area contributed by atoms with E-state index in [2.05, 4.69) is 20.5 Å². The maximum atomic E-state index is 12.3. The van der Waals surface area contributed by atoms with E-state index in [1.807, 2.05) is 31.3 Å². The van der Waals surface area contributed by atoms with E-state index in [0.717, 1.165) is 31.9 Å². The third-order valence-electron chi connectivity index (χ3n) is 4.47. The zero-order valence-electron chi connectivity index (χ0n) is 14.5. The molecule has 3 rings (SSSR count). The maximum Gasteiger partial charge on any atom is 0.323 e. The van der Waals surface area contributed by atoms with Crippen LogP contribution < -0.4 is 15.6 Å². The Kier molecular flexibility index (Phi) is 5.85. The molecule has 1 aromatic rings. The van der Waals surface area contributed by atoms with Crippen molar-refractivity contribution >= 4 is 23.2 Å². The van der Waals surface area contributed by atoms with Gasteiger partial charge in [0.2, 0.25) is 0 Å².